The van der Waals surface area contributed by atoms with Gasteiger partial charge in [-0.3, -0.25) is 9.59 Å². The van der Waals surface area contributed by atoms with E-state index < -0.39 is 5.91 Å². The summed E-state index contributed by atoms with van der Waals surface area (Å²) in [5.74, 6) is 0.00316. The van der Waals surface area contributed by atoms with Gasteiger partial charge in [-0.1, -0.05) is 18.2 Å². The second kappa shape index (κ2) is 5.94. The van der Waals surface area contributed by atoms with E-state index in [2.05, 4.69) is 0 Å². The Morgan fingerprint density at radius 3 is 2.80 bits per heavy atom. The molecule has 2 rings (SSSR count). The third kappa shape index (κ3) is 3.10. The van der Waals surface area contributed by atoms with Gasteiger partial charge in [-0.2, -0.15) is 0 Å². The second-order valence-corrected chi connectivity index (χ2v) is 5.28. The number of aryl methyl sites for hydroxylation is 1. The van der Waals surface area contributed by atoms with Gasteiger partial charge in [-0.05, 0) is 25.5 Å². The Morgan fingerprint density at radius 1 is 1.50 bits per heavy atom. The Labute approximate surface area is 118 Å². The maximum atomic E-state index is 11.9. The Balaban J connectivity index is 1.92. The smallest absolute Gasteiger partial charge is 0.223 e. The number of nitrogens with zero attached hydrogens (tertiary/aromatic N) is 1. The quantitative estimate of drug-likeness (QED) is 0.875. The standard InChI is InChI=1S/C15H20N2O3/c1-10-5-3-4-6-13(10)20-9-11(2)17-8-12(15(16)19)7-14(17)18/h3-6,11-12H,7-9H2,1-2H3,(H2,16,19). The molecule has 1 heterocycles. The number of primary amides is 1. The SMILES string of the molecule is Cc1ccccc1OCC(C)N1CC(C(N)=O)CC1=O. The third-order valence-electron chi connectivity index (χ3n) is 3.67. The fraction of sp³-hybridized carbons (Fsp3) is 0.467. The predicted octanol–water partition coefficient (Wildman–Crippen LogP) is 1.10. The molecule has 0 radical (unpaired) electrons. The number of hydrogen-bond donors (Lipinski definition) is 1. The molecule has 108 valence electrons. The summed E-state index contributed by atoms with van der Waals surface area (Å²) in [6.45, 7) is 4.69. The average molecular weight is 276 g/mol. The number of nitrogens with two attached hydrogens (primary N) is 1. The van der Waals surface area contributed by atoms with E-state index in [1.807, 2.05) is 38.1 Å². The Bertz CT molecular complexity index is 516. The summed E-state index contributed by atoms with van der Waals surface area (Å²) in [6.07, 6.45) is 0.212. The number of carbonyl (C=O) groups excluding carboxylic acids is 2. The predicted molar refractivity (Wildman–Crippen MR) is 75.2 cm³/mol. The summed E-state index contributed by atoms with van der Waals surface area (Å²) < 4.78 is 5.74. The van der Waals surface area contributed by atoms with E-state index in [1.54, 1.807) is 4.90 Å². The second-order valence-electron chi connectivity index (χ2n) is 5.28. The van der Waals surface area contributed by atoms with E-state index in [-0.39, 0.29) is 24.3 Å². The average Bonchev–Trinajstić information content (AvgIpc) is 2.80. The zero-order valence-corrected chi connectivity index (χ0v) is 11.8. The first-order valence-electron chi connectivity index (χ1n) is 6.76. The highest BCUT2D eigenvalue weighted by molar-refractivity contribution is 5.88. The van der Waals surface area contributed by atoms with Gasteiger partial charge >= 0.3 is 0 Å². The zero-order valence-electron chi connectivity index (χ0n) is 11.8. The minimum atomic E-state index is -0.409. The monoisotopic (exact) mass is 276 g/mol. The van der Waals surface area contributed by atoms with Crippen LogP contribution in [0.5, 0.6) is 5.75 Å². The zero-order chi connectivity index (χ0) is 14.7. The molecule has 5 heteroatoms. The molecule has 0 aliphatic carbocycles. The Hall–Kier alpha value is -2.04. The molecule has 1 fully saturated rings. The molecular weight excluding hydrogens is 256 g/mol. The van der Waals surface area contributed by atoms with Crippen molar-refractivity contribution in [1.82, 2.24) is 4.90 Å². The molecule has 2 amide bonds. The van der Waals surface area contributed by atoms with Gasteiger partial charge < -0.3 is 15.4 Å². The van der Waals surface area contributed by atoms with Gasteiger partial charge in [0.1, 0.15) is 12.4 Å². The van der Waals surface area contributed by atoms with Crippen LogP contribution in [0.2, 0.25) is 0 Å². The number of ether oxygens (including phenoxy) is 1. The van der Waals surface area contributed by atoms with Crippen molar-refractivity contribution in [3.8, 4) is 5.75 Å². The first kappa shape index (κ1) is 14.4. The molecule has 2 unspecified atom stereocenters. The number of amides is 2. The lowest BCUT2D eigenvalue weighted by Gasteiger charge is -2.25. The molecule has 1 aliphatic heterocycles. The molecule has 0 bridgehead atoms. The molecule has 5 nitrogen and oxygen atoms in total. The lowest BCUT2D eigenvalue weighted by atomic mass is 10.1. The van der Waals surface area contributed by atoms with Crippen LogP contribution >= 0.6 is 0 Å². The van der Waals surface area contributed by atoms with Crippen LogP contribution in [-0.2, 0) is 9.59 Å². The normalized spacial score (nSPS) is 20.0. The molecular formula is C15H20N2O3. The van der Waals surface area contributed by atoms with Crippen molar-refractivity contribution in [2.75, 3.05) is 13.2 Å². The fourth-order valence-corrected chi connectivity index (χ4v) is 2.37. The van der Waals surface area contributed by atoms with Crippen molar-refractivity contribution in [3.63, 3.8) is 0 Å². The van der Waals surface area contributed by atoms with Crippen LogP contribution in [0, 0.1) is 12.8 Å². The van der Waals surface area contributed by atoms with E-state index in [1.165, 1.54) is 0 Å². The summed E-state index contributed by atoms with van der Waals surface area (Å²) in [4.78, 5) is 24.7. The molecule has 2 N–H and O–H groups in total. The largest absolute Gasteiger partial charge is 0.491 e. The highest BCUT2D eigenvalue weighted by atomic mass is 16.5. The van der Waals surface area contributed by atoms with Gasteiger partial charge in [0, 0.05) is 13.0 Å². The first-order chi connectivity index (χ1) is 9.49. The van der Waals surface area contributed by atoms with Crippen LogP contribution in [0.15, 0.2) is 24.3 Å². The Kier molecular flexibility index (Phi) is 4.27. The fourth-order valence-electron chi connectivity index (χ4n) is 2.37. The van der Waals surface area contributed by atoms with E-state index in [9.17, 15) is 9.59 Å². The van der Waals surface area contributed by atoms with Crippen molar-refractivity contribution in [3.05, 3.63) is 29.8 Å². The molecule has 0 saturated carbocycles. The number of benzene rings is 1. The molecule has 1 saturated heterocycles. The van der Waals surface area contributed by atoms with Crippen LogP contribution in [-0.4, -0.2) is 35.9 Å². The highest BCUT2D eigenvalue weighted by Crippen LogP contribution is 2.21. The van der Waals surface area contributed by atoms with Crippen molar-refractivity contribution in [2.24, 2.45) is 11.7 Å². The van der Waals surface area contributed by atoms with Crippen molar-refractivity contribution >= 4 is 11.8 Å². The van der Waals surface area contributed by atoms with E-state index in [0.717, 1.165) is 11.3 Å². The number of rotatable bonds is 5. The van der Waals surface area contributed by atoms with Gasteiger partial charge in [0.2, 0.25) is 11.8 Å². The summed E-state index contributed by atoms with van der Waals surface area (Å²) in [5, 5.41) is 0. The summed E-state index contributed by atoms with van der Waals surface area (Å²) in [7, 11) is 0. The van der Waals surface area contributed by atoms with Gasteiger partial charge in [-0.15, -0.1) is 0 Å². The molecule has 0 spiro atoms. The number of carbonyl (C=O) groups is 2. The third-order valence-corrected chi connectivity index (χ3v) is 3.67. The number of para-hydroxylation sites is 1. The van der Waals surface area contributed by atoms with Gasteiger partial charge in [0.25, 0.3) is 0 Å². The van der Waals surface area contributed by atoms with Crippen molar-refractivity contribution < 1.29 is 14.3 Å². The minimum absolute atomic E-state index is 0.0327. The van der Waals surface area contributed by atoms with Crippen LogP contribution in [0.1, 0.15) is 18.9 Å². The molecule has 0 aromatic heterocycles. The molecule has 2 atom stereocenters. The van der Waals surface area contributed by atoms with Crippen LogP contribution < -0.4 is 10.5 Å². The summed E-state index contributed by atoms with van der Waals surface area (Å²) in [6, 6.07) is 7.67. The van der Waals surface area contributed by atoms with Crippen LogP contribution in [0.25, 0.3) is 0 Å². The Morgan fingerprint density at radius 2 is 2.20 bits per heavy atom. The van der Waals surface area contributed by atoms with E-state index >= 15 is 0 Å². The minimum Gasteiger partial charge on any atom is -0.491 e. The lowest BCUT2D eigenvalue weighted by molar-refractivity contribution is -0.130. The van der Waals surface area contributed by atoms with E-state index in [0.29, 0.717) is 13.2 Å². The van der Waals surface area contributed by atoms with Gasteiger partial charge in [0.05, 0.1) is 12.0 Å². The highest BCUT2D eigenvalue weighted by Gasteiger charge is 2.35. The number of hydrogen-bond acceptors (Lipinski definition) is 3. The molecule has 20 heavy (non-hydrogen) atoms. The maximum absolute atomic E-state index is 11.9. The van der Waals surface area contributed by atoms with Crippen LogP contribution in [0.4, 0.5) is 0 Å². The lowest BCUT2D eigenvalue weighted by Crippen LogP contribution is -2.39. The van der Waals surface area contributed by atoms with Crippen molar-refractivity contribution in [2.45, 2.75) is 26.3 Å². The molecule has 1 aliphatic rings. The molecule has 1 aromatic carbocycles. The van der Waals surface area contributed by atoms with Crippen molar-refractivity contribution in [1.29, 1.82) is 0 Å². The van der Waals surface area contributed by atoms with E-state index in [4.69, 9.17) is 10.5 Å². The summed E-state index contributed by atoms with van der Waals surface area (Å²) >= 11 is 0. The summed E-state index contributed by atoms with van der Waals surface area (Å²) in [5.41, 5.74) is 6.32. The maximum Gasteiger partial charge on any atom is 0.223 e. The number of likely N-dealkylation sites (tertiary alicyclic amines) is 1. The van der Waals surface area contributed by atoms with Gasteiger partial charge in [0.15, 0.2) is 0 Å². The van der Waals surface area contributed by atoms with Gasteiger partial charge in [-0.25, -0.2) is 0 Å². The van der Waals surface area contributed by atoms with Crippen LogP contribution in [0.3, 0.4) is 0 Å². The topological polar surface area (TPSA) is 72.6 Å². The first-order valence-corrected chi connectivity index (χ1v) is 6.76. The molecule has 1 aromatic rings.